The number of hydrogen-bond acceptors (Lipinski definition) is 2. The van der Waals surface area contributed by atoms with Crippen LogP contribution in [0.1, 0.15) is 11.1 Å². The van der Waals surface area contributed by atoms with Crippen molar-refractivity contribution in [2.45, 2.75) is 6.54 Å². The largest absolute Gasteiger partial charge is 0.358 e. The molecule has 4 nitrogen and oxygen atoms in total. The van der Waals surface area contributed by atoms with E-state index in [-0.39, 0.29) is 0 Å². The van der Waals surface area contributed by atoms with Crippen LogP contribution in [-0.2, 0) is 6.54 Å². The molecule has 0 saturated heterocycles. The third-order valence-corrected chi connectivity index (χ3v) is 4.77. The zero-order valence-electron chi connectivity index (χ0n) is 14.5. The van der Waals surface area contributed by atoms with E-state index in [4.69, 9.17) is 35.4 Å². The van der Waals surface area contributed by atoms with E-state index in [0.29, 0.717) is 28.2 Å². The molecule has 3 rings (SSSR count). The number of rotatable bonds is 6. The van der Waals surface area contributed by atoms with Gasteiger partial charge in [0.05, 0.1) is 6.21 Å². The van der Waals surface area contributed by atoms with Gasteiger partial charge < -0.3 is 9.88 Å². The first-order chi connectivity index (χ1) is 13.1. The number of nitrogens with one attached hydrogen (secondary N) is 2. The predicted octanol–water partition coefficient (Wildman–Crippen LogP) is 4.98. The summed E-state index contributed by atoms with van der Waals surface area (Å²) in [5.41, 5.74) is 5.88. The van der Waals surface area contributed by atoms with Gasteiger partial charge in [-0.2, -0.15) is 5.10 Å². The molecule has 0 amide bonds. The molecule has 2 N–H and O–H groups in total. The van der Waals surface area contributed by atoms with E-state index in [1.165, 1.54) is 0 Å². The predicted molar refractivity (Wildman–Crippen MR) is 119 cm³/mol. The van der Waals surface area contributed by atoms with Crippen molar-refractivity contribution < 1.29 is 0 Å². The summed E-state index contributed by atoms with van der Waals surface area (Å²) in [6, 6.07) is 13.7. The van der Waals surface area contributed by atoms with Crippen molar-refractivity contribution in [2.24, 2.45) is 5.10 Å². The van der Waals surface area contributed by atoms with Gasteiger partial charge in [0.25, 0.3) is 0 Å². The van der Waals surface area contributed by atoms with Gasteiger partial charge in [-0.1, -0.05) is 53.5 Å². The zero-order valence-corrected chi connectivity index (χ0v) is 16.8. The molecule has 0 aliphatic rings. The number of thiocarbonyl (C=S) groups is 1. The van der Waals surface area contributed by atoms with Gasteiger partial charge in [-0.3, -0.25) is 5.43 Å². The summed E-state index contributed by atoms with van der Waals surface area (Å²) in [5, 5.41) is 10.0. The molecule has 0 fully saturated rings. The Morgan fingerprint density at radius 3 is 2.81 bits per heavy atom. The van der Waals surface area contributed by atoms with Crippen LogP contribution in [0.25, 0.3) is 10.9 Å². The third kappa shape index (κ3) is 4.89. The van der Waals surface area contributed by atoms with Gasteiger partial charge in [0.2, 0.25) is 0 Å². The first kappa shape index (κ1) is 19.4. The van der Waals surface area contributed by atoms with E-state index in [2.05, 4.69) is 39.1 Å². The lowest BCUT2D eigenvalue weighted by Gasteiger charge is -2.08. The highest BCUT2D eigenvalue weighted by molar-refractivity contribution is 7.80. The maximum Gasteiger partial charge on any atom is 0.187 e. The summed E-state index contributed by atoms with van der Waals surface area (Å²) < 4.78 is 2.14. The van der Waals surface area contributed by atoms with Crippen molar-refractivity contribution in [3.63, 3.8) is 0 Å². The number of hydrazone groups is 1. The molecule has 0 radical (unpaired) electrons. The Morgan fingerprint density at radius 2 is 2.04 bits per heavy atom. The molecule has 0 aliphatic carbocycles. The van der Waals surface area contributed by atoms with Gasteiger partial charge in [0.15, 0.2) is 5.11 Å². The van der Waals surface area contributed by atoms with E-state index < -0.39 is 0 Å². The Bertz CT molecular complexity index is 1010. The SMILES string of the molecule is C=CCNC(=S)NN=Cc1cn(Cc2ccc(Cl)cc2Cl)c2ccccc12. The minimum Gasteiger partial charge on any atom is -0.358 e. The molecule has 0 unspecified atom stereocenters. The molecule has 27 heavy (non-hydrogen) atoms. The molecule has 3 aromatic rings. The summed E-state index contributed by atoms with van der Waals surface area (Å²) in [5.74, 6) is 0. The van der Waals surface area contributed by atoms with Gasteiger partial charge in [0, 0.05) is 45.8 Å². The molecular formula is C20H18Cl2N4S. The van der Waals surface area contributed by atoms with Gasteiger partial charge in [0.1, 0.15) is 0 Å². The number of para-hydroxylation sites is 1. The van der Waals surface area contributed by atoms with E-state index in [9.17, 15) is 0 Å². The Kier molecular flexibility index (Phi) is 6.50. The van der Waals surface area contributed by atoms with Crippen LogP contribution >= 0.6 is 35.4 Å². The van der Waals surface area contributed by atoms with Crippen molar-refractivity contribution in [3.05, 3.63) is 82.5 Å². The number of benzene rings is 2. The van der Waals surface area contributed by atoms with Crippen LogP contribution in [0.5, 0.6) is 0 Å². The summed E-state index contributed by atoms with van der Waals surface area (Å²) >= 11 is 17.5. The fraction of sp³-hybridized carbons (Fsp3) is 0.100. The second kappa shape index (κ2) is 9.04. The van der Waals surface area contributed by atoms with E-state index >= 15 is 0 Å². The molecule has 0 spiro atoms. The molecule has 0 atom stereocenters. The highest BCUT2D eigenvalue weighted by atomic mass is 35.5. The Hall–Kier alpha value is -2.34. The molecular weight excluding hydrogens is 399 g/mol. The van der Waals surface area contributed by atoms with Gasteiger partial charge in [-0.05, 0) is 36.0 Å². The lowest BCUT2D eigenvalue weighted by atomic mass is 10.2. The highest BCUT2D eigenvalue weighted by Gasteiger charge is 2.09. The van der Waals surface area contributed by atoms with Crippen LogP contribution in [0, 0.1) is 0 Å². The summed E-state index contributed by atoms with van der Waals surface area (Å²) in [7, 11) is 0. The van der Waals surface area contributed by atoms with Crippen molar-refractivity contribution in [1.82, 2.24) is 15.3 Å². The van der Waals surface area contributed by atoms with Gasteiger partial charge in [-0.15, -0.1) is 6.58 Å². The zero-order chi connectivity index (χ0) is 19.2. The van der Waals surface area contributed by atoms with E-state index in [1.807, 2.05) is 30.5 Å². The number of hydrogen-bond donors (Lipinski definition) is 2. The fourth-order valence-corrected chi connectivity index (χ4v) is 3.31. The summed E-state index contributed by atoms with van der Waals surface area (Å²) in [6.45, 7) is 4.86. The maximum absolute atomic E-state index is 6.34. The second-order valence-corrected chi connectivity index (χ2v) is 7.09. The molecule has 0 bridgehead atoms. The molecule has 0 aliphatic heterocycles. The van der Waals surface area contributed by atoms with Crippen LogP contribution in [0.3, 0.4) is 0 Å². The average Bonchev–Trinajstić information content (AvgIpc) is 3.00. The van der Waals surface area contributed by atoms with Crippen molar-refractivity contribution in [3.8, 4) is 0 Å². The minimum atomic E-state index is 0.447. The molecule has 1 aromatic heterocycles. The number of aromatic nitrogens is 1. The molecule has 0 saturated carbocycles. The molecule has 1 heterocycles. The molecule has 138 valence electrons. The van der Waals surface area contributed by atoms with E-state index in [1.54, 1.807) is 18.4 Å². The average molecular weight is 417 g/mol. The fourth-order valence-electron chi connectivity index (χ4n) is 2.71. The maximum atomic E-state index is 6.34. The quantitative estimate of drug-likeness (QED) is 0.257. The number of nitrogens with zero attached hydrogens (tertiary/aromatic N) is 2. The summed E-state index contributed by atoms with van der Waals surface area (Å²) in [6.07, 6.45) is 5.53. The number of fused-ring (bicyclic) bond motifs is 1. The lowest BCUT2D eigenvalue weighted by molar-refractivity contribution is 0.836. The minimum absolute atomic E-state index is 0.447. The van der Waals surface area contributed by atoms with Crippen LogP contribution < -0.4 is 10.7 Å². The van der Waals surface area contributed by atoms with Crippen molar-refractivity contribution in [1.29, 1.82) is 0 Å². The molecule has 7 heteroatoms. The van der Waals surface area contributed by atoms with E-state index in [0.717, 1.165) is 22.0 Å². The monoisotopic (exact) mass is 416 g/mol. The van der Waals surface area contributed by atoms with Crippen molar-refractivity contribution >= 4 is 57.6 Å². The Morgan fingerprint density at radius 1 is 1.22 bits per heavy atom. The Labute approximate surface area is 173 Å². The van der Waals surface area contributed by atoms with Crippen LogP contribution in [0.2, 0.25) is 10.0 Å². The van der Waals surface area contributed by atoms with Gasteiger partial charge in [-0.25, -0.2) is 0 Å². The topological polar surface area (TPSA) is 41.4 Å². The first-order valence-electron chi connectivity index (χ1n) is 8.28. The third-order valence-electron chi connectivity index (χ3n) is 3.95. The Balaban J connectivity index is 1.85. The standard InChI is InChI=1S/C20H18Cl2N4S/c1-2-9-23-20(27)25-24-11-15-13-26(19-6-4-3-5-17(15)19)12-14-7-8-16(21)10-18(14)22/h2-8,10-11,13H,1,9,12H2,(H2,23,25,27). The summed E-state index contributed by atoms with van der Waals surface area (Å²) in [4.78, 5) is 0. The van der Waals surface area contributed by atoms with Crippen LogP contribution in [0.4, 0.5) is 0 Å². The highest BCUT2D eigenvalue weighted by Crippen LogP contribution is 2.25. The first-order valence-corrected chi connectivity index (χ1v) is 9.44. The normalized spacial score (nSPS) is 11.0. The van der Waals surface area contributed by atoms with Crippen molar-refractivity contribution in [2.75, 3.05) is 6.54 Å². The number of halogens is 2. The molecule has 2 aromatic carbocycles. The van der Waals surface area contributed by atoms with Gasteiger partial charge >= 0.3 is 0 Å². The smallest absolute Gasteiger partial charge is 0.187 e. The second-order valence-electron chi connectivity index (χ2n) is 5.83. The lowest BCUT2D eigenvalue weighted by Crippen LogP contribution is -2.31. The van der Waals surface area contributed by atoms with Crippen LogP contribution in [-0.4, -0.2) is 22.4 Å². The van der Waals surface area contributed by atoms with Crippen LogP contribution in [0.15, 0.2) is 66.4 Å².